The van der Waals surface area contributed by atoms with Gasteiger partial charge in [-0.2, -0.15) is 0 Å². The Kier molecular flexibility index (Phi) is 8.11. The maximum atomic E-state index is 12.1. The van der Waals surface area contributed by atoms with Crippen molar-refractivity contribution in [3.8, 4) is 0 Å². The molecule has 0 aromatic heterocycles. The molecule has 1 aliphatic carbocycles. The molecule has 5 nitrogen and oxygen atoms in total. The van der Waals surface area contributed by atoms with Gasteiger partial charge in [-0.3, -0.25) is 4.79 Å². The molecule has 20 heavy (non-hydrogen) atoms. The molecule has 0 radical (unpaired) electrons. The monoisotopic (exact) mass is 285 g/mol. The van der Waals surface area contributed by atoms with Crippen LogP contribution in [-0.4, -0.2) is 54.2 Å². The van der Waals surface area contributed by atoms with Crippen molar-refractivity contribution in [1.82, 2.24) is 10.2 Å². The molecule has 1 aliphatic rings. The summed E-state index contributed by atoms with van der Waals surface area (Å²) in [7, 11) is 0. The highest BCUT2D eigenvalue weighted by Gasteiger charge is 2.27. The van der Waals surface area contributed by atoms with Gasteiger partial charge in [0, 0.05) is 44.7 Å². The molecular weight excluding hydrogens is 254 g/mol. The summed E-state index contributed by atoms with van der Waals surface area (Å²) >= 11 is 0. The first-order valence-electron chi connectivity index (χ1n) is 8.00. The molecule has 0 spiro atoms. The van der Waals surface area contributed by atoms with Crippen molar-refractivity contribution in [1.29, 1.82) is 0 Å². The van der Waals surface area contributed by atoms with Crippen molar-refractivity contribution in [2.75, 3.05) is 26.2 Å². The predicted molar refractivity (Wildman–Crippen MR) is 81.4 cm³/mol. The molecule has 0 aromatic rings. The van der Waals surface area contributed by atoms with Crippen LogP contribution >= 0.6 is 0 Å². The smallest absolute Gasteiger partial charge is 0.224 e. The summed E-state index contributed by atoms with van der Waals surface area (Å²) in [6.07, 6.45) is 4.97. The maximum Gasteiger partial charge on any atom is 0.224 e. The zero-order valence-corrected chi connectivity index (χ0v) is 13.0. The number of hydrogen-bond acceptors (Lipinski definition) is 4. The maximum absolute atomic E-state index is 12.1. The molecular formula is C15H31N3O2. The normalized spacial score (nSPS) is 24.4. The predicted octanol–water partition coefficient (Wildman–Crippen LogP) is 0.713. The topological polar surface area (TPSA) is 78.6 Å². The van der Waals surface area contributed by atoms with Gasteiger partial charge < -0.3 is 21.1 Å². The van der Waals surface area contributed by atoms with Gasteiger partial charge in [0.15, 0.2) is 0 Å². The van der Waals surface area contributed by atoms with Crippen molar-refractivity contribution in [2.45, 2.75) is 58.0 Å². The van der Waals surface area contributed by atoms with Crippen molar-refractivity contribution >= 4 is 5.91 Å². The number of nitrogens with one attached hydrogen (secondary N) is 1. The van der Waals surface area contributed by atoms with E-state index in [9.17, 15) is 9.90 Å². The van der Waals surface area contributed by atoms with Crippen LogP contribution in [0.4, 0.5) is 0 Å². The van der Waals surface area contributed by atoms with Crippen molar-refractivity contribution < 1.29 is 9.90 Å². The van der Waals surface area contributed by atoms with E-state index in [-0.39, 0.29) is 18.6 Å². The third kappa shape index (κ3) is 5.04. The summed E-state index contributed by atoms with van der Waals surface area (Å²) in [4.78, 5) is 14.0. The Morgan fingerprint density at radius 2 is 2.00 bits per heavy atom. The van der Waals surface area contributed by atoms with E-state index < -0.39 is 0 Å². The van der Waals surface area contributed by atoms with Gasteiger partial charge in [0.1, 0.15) is 0 Å². The van der Waals surface area contributed by atoms with Crippen molar-refractivity contribution in [3.63, 3.8) is 0 Å². The first-order valence-corrected chi connectivity index (χ1v) is 8.00. The Hall–Kier alpha value is -0.650. The fourth-order valence-corrected chi connectivity index (χ4v) is 3.07. The molecule has 0 aliphatic heterocycles. The minimum Gasteiger partial charge on any atom is -0.396 e. The van der Waals surface area contributed by atoms with E-state index in [0.717, 1.165) is 25.9 Å². The van der Waals surface area contributed by atoms with Crippen LogP contribution in [0.3, 0.4) is 0 Å². The molecule has 118 valence electrons. The SMILES string of the molecule is CCN(CC)C(=O)CC(CN)NC1CCCCC1CO. The van der Waals surface area contributed by atoms with E-state index in [4.69, 9.17) is 5.73 Å². The highest BCUT2D eigenvalue weighted by Crippen LogP contribution is 2.24. The number of aliphatic hydroxyl groups excluding tert-OH is 1. The summed E-state index contributed by atoms with van der Waals surface area (Å²) in [5, 5.41) is 13.0. The second kappa shape index (κ2) is 9.32. The molecule has 5 heteroatoms. The van der Waals surface area contributed by atoms with E-state index in [1.165, 1.54) is 12.8 Å². The van der Waals surface area contributed by atoms with Gasteiger partial charge in [-0.05, 0) is 32.6 Å². The summed E-state index contributed by atoms with van der Waals surface area (Å²) in [5.41, 5.74) is 5.81. The van der Waals surface area contributed by atoms with Crippen LogP contribution in [0.5, 0.6) is 0 Å². The zero-order chi connectivity index (χ0) is 15.0. The average Bonchev–Trinajstić information content (AvgIpc) is 2.48. The Balaban J connectivity index is 2.51. The minimum atomic E-state index is 0.0141. The highest BCUT2D eigenvalue weighted by atomic mass is 16.3. The van der Waals surface area contributed by atoms with Crippen LogP contribution in [0.15, 0.2) is 0 Å². The fraction of sp³-hybridized carbons (Fsp3) is 0.933. The van der Waals surface area contributed by atoms with Crippen LogP contribution in [0.1, 0.15) is 46.0 Å². The van der Waals surface area contributed by atoms with Crippen LogP contribution in [0.25, 0.3) is 0 Å². The lowest BCUT2D eigenvalue weighted by molar-refractivity contribution is -0.131. The standard InChI is InChI=1S/C15H31N3O2/c1-3-18(4-2)15(20)9-13(10-16)17-14-8-6-5-7-12(14)11-19/h12-14,17,19H,3-11,16H2,1-2H3. The first-order chi connectivity index (χ1) is 9.65. The third-order valence-electron chi connectivity index (χ3n) is 4.42. The molecule has 4 N–H and O–H groups in total. The van der Waals surface area contributed by atoms with Gasteiger partial charge >= 0.3 is 0 Å². The average molecular weight is 285 g/mol. The number of hydrogen-bond donors (Lipinski definition) is 3. The molecule has 0 bridgehead atoms. The van der Waals surface area contributed by atoms with Gasteiger partial charge in [0.05, 0.1) is 0 Å². The molecule has 3 atom stereocenters. The summed E-state index contributed by atoms with van der Waals surface area (Å²) in [6.45, 7) is 6.16. The highest BCUT2D eigenvalue weighted by molar-refractivity contribution is 5.76. The second-order valence-electron chi connectivity index (χ2n) is 5.70. The number of rotatable bonds is 8. The Morgan fingerprint density at radius 3 is 2.55 bits per heavy atom. The molecule has 1 amide bonds. The van der Waals surface area contributed by atoms with Crippen LogP contribution in [-0.2, 0) is 4.79 Å². The molecule has 0 saturated heterocycles. The molecule has 3 unspecified atom stereocenters. The lowest BCUT2D eigenvalue weighted by atomic mass is 9.84. The number of amides is 1. The van der Waals surface area contributed by atoms with Gasteiger partial charge in [0.2, 0.25) is 5.91 Å². The molecule has 1 rings (SSSR count). The van der Waals surface area contributed by atoms with E-state index in [2.05, 4.69) is 5.32 Å². The van der Waals surface area contributed by atoms with E-state index in [0.29, 0.717) is 24.9 Å². The summed E-state index contributed by atoms with van der Waals surface area (Å²) < 4.78 is 0. The number of nitrogens with two attached hydrogens (primary N) is 1. The van der Waals surface area contributed by atoms with Crippen LogP contribution in [0.2, 0.25) is 0 Å². The van der Waals surface area contributed by atoms with Gasteiger partial charge in [-0.25, -0.2) is 0 Å². The Labute approximate surface area is 122 Å². The molecule has 1 saturated carbocycles. The number of carbonyl (C=O) groups is 1. The van der Waals surface area contributed by atoms with Crippen molar-refractivity contribution in [2.24, 2.45) is 11.7 Å². The summed E-state index contributed by atoms with van der Waals surface area (Å²) in [5.74, 6) is 0.468. The lowest BCUT2D eigenvalue weighted by Gasteiger charge is -2.34. The largest absolute Gasteiger partial charge is 0.396 e. The quantitative estimate of drug-likeness (QED) is 0.614. The van der Waals surface area contributed by atoms with E-state index >= 15 is 0 Å². The zero-order valence-electron chi connectivity index (χ0n) is 13.0. The number of nitrogens with zero attached hydrogens (tertiary/aromatic N) is 1. The fourth-order valence-electron chi connectivity index (χ4n) is 3.07. The summed E-state index contributed by atoms with van der Waals surface area (Å²) in [6, 6.07) is 0.312. The van der Waals surface area contributed by atoms with Crippen LogP contribution < -0.4 is 11.1 Å². The van der Waals surface area contributed by atoms with Crippen molar-refractivity contribution in [3.05, 3.63) is 0 Å². The van der Waals surface area contributed by atoms with E-state index in [1.807, 2.05) is 18.7 Å². The Bertz CT molecular complexity index is 282. The minimum absolute atomic E-state index is 0.0141. The number of carbonyl (C=O) groups excluding carboxylic acids is 1. The molecule has 1 fully saturated rings. The van der Waals surface area contributed by atoms with E-state index in [1.54, 1.807) is 0 Å². The third-order valence-corrected chi connectivity index (χ3v) is 4.42. The van der Waals surface area contributed by atoms with Gasteiger partial charge in [-0.1, -0.05) is 12.8 Å². The van der Waals surface area contributed by atoms with Gasteiger partial charge in [0.25, 0.3) is 0 Å². The Morgan fingerprint density at radius 1 is 1.35 bits per heavy atom. The van der Waals surface area contributed by atoms with Crippen LogP contribution in [0, 0.1) is 5.92 Å². The molecule has 0 heterocycles. The first kappa shape index (κ1) is 17.4. The lowest BCUT2D eigenvalue weighted by Crippen LogP contribution is -2.50. The second-order valence-corrected chi connectivity index (χ2v) is 5.70. The number of aliphatic hydroxyl groups is 1. The molecule has 0 aromatic carbocycles. The van der Waals surface area contributed by atoms with Gasteiger partial charge in [-0.15, -0.1) is 0 Å².